The Bertz CT molecular complexity index is 325. The molecular weight excluding hydrogens is 248 g/mol. The van der Waals surface area contributed by atoms with E-state index in [1.807, 2.05) is 6.07 Å². The molecular formula is C10H11BrO3. The van der Waals surface area contributed by atoms with E-state index in [-0.39, 0.29) is 6.61 Å². The lowest BCUT2D eigenvalue weighted by Gasteiger charge is -2.09. The maximum absolute atomic E-state index is 11.2. The van der Waals surface area contributed by atoms with Gasteiger partial charge in [0.1, 0.15) is 0 Å². The first-order valence-electron chi connectivity index (χ1n) is 4.25. The monoisotopic (exact) mass is 258 g/mol. The standard InChI is InChI=1S/C10H11BrO3/c1-2-14-10(13)9(12)7-4-3-5-8(11)6-7/h3-6,9,12H,2H2,1H3/t9-/m0/s1. The van der Waals surface area contributed by atoms with Gasteiger partial charge in [0.2, 0.25) is 0 Å². The number of hydrogen-bond donors (Lipinski definition) is 1. The SMILES string of the molecule is CCOC(=O)[C@@H](O)c1cccc(Br)c1. The first-order valence-corrected chi connectivity index (χ1v) is 5.04. The maximum atomic E-state index is 11.2. The summed E-state index contributed by atoms with van der Waals surface area (Å²) in [6, 6.07) is 6.93. The Kier molecular flexibility index (Phi) is 4.10. The van der Waals surface area contributed by atoms with Crippen LogP contribution in [0.4, 0.5) is 0 Å². The lowest BCUT2D eigenvalue weighted by Crippen LogP contribution is -2.15. The van der Waals surface area contributed by atoms with Crippen LogP contribution in [0.1, 0.15) is 18.6 Å². The molecule has 1 aromatic rings. The van der Waals surface area contributed by atoms with E-state index >= 15 is 0 Å². The highest BCUT2D eigenvalue weighted by Gasteiger charge is 2.18. The van der Waals surface area contributed by atoms with Gasteiger partial charge >= 0.3 is 5.97 Å². The summed E-state index contributed by atoms with van der Waals surface area (Å²) in [7, 11) is 0. The Hall–Kier alpha value is -0.870. The number of ether oxygens (including phenoxy) is 1. The summed E-state index contributed by atoms with van der Waals surface area (Å²) in [5.41, 5.74) is 0.526. The molecule has 0 saturated heterocycles. The molecule has 14 heavy (non-hydrogen) atoms. The van der Waals surface area contributed by atoms with Crippen LogP contribution in [0.3, 0.4) is 0 Å². The minimum absolute atomic E-state index is 0.268. The van der Waals surface area contributed by atoms with Crippen LogP contribution in [-0.2, 0) is 9.53 Å². The smallest absolute Gasteiger partial charge is 0.339 e. The second-order valence-electron chi connectivity index (χ2n) is 2.71. The van der Waals surface area contributed by atoms with Gasteiger partial charge in [0, 0.05) is 4.47 Å². The number of aliphatic hydroxyl groups is 1. The molecule has 1 N–H and O–H groups in total. The van der Waals surface area contributed by atoms with Crippen LogP contribution in [0.15, 0.2) is 28.7 Å². The Morgan fingerprint density at radius 2 is 2.36 bits per heavy atom. The number of carbonyl (C=O) groups is 1. The maximum Gasteiger partial charge on any atom is 0.339 e. The quantitative estimate of drug-likeness (QED) is 0.845. The third kappa shape index (κ3) is 2.82. The topological polar surface area (TPSA) is 46.5 Å². The molecule has 0 saturated carbocycles. The molecule has 0 fully saturated rings. The van der Waals surface area contributed by atoms with Gasteiger partial charge in [-0.15, -0.1) is 0 Å². The molecule has 0 aromatic heterocycles. The van der Waals surface area contributed by atoms with E-state index in [1.54, 1.807) is 25.1 Å². The van der Waals surface area contributed by atoms with Crippen LogP contribution in [0.5, 0.6) is 0 Å². The molecule has 0 heterocycles. The molecule has 0 amide bonds. The number of hydrogen-bond acceptors (Lipinski definition) is 3. The summed E-state index contributed by atoms with van der Waals surface area (Å²) >= 11 is 3.26. The van der Waals surface area contributed by atoms with Crippen LogP contribution >= 0.6 is 15.9 Å². The highest BCUT2D eigenvalue weighted by molar-refractivity contribution is 9.10. The molecule has 0 aliphatic rings. The summed E-state index contributed by atoms with van der Waals surface area (Å²) in [6.45, 7) is 1.97. The van der Waals surface area contributed by atoms with Crippen molar-refractivity contribution in [3.05, 3.63) is 34.3 Å². The van der Waals surface area contributed by atoms with Crippen LogP contribution in [0, 0.1) is 0 Å². The fraction of sp³-hybridized carbons (Fsp3) is 0.300. The largest absolute Gasteiger partial charge is 0.464 e. The van der Waals surface area contributed by atoms with E-state index in [0.717, 1.165) is 4.47 Å². The minimum Gasteiger partial charge on any atom is -0.464 e. The van der Waals surface area contributed by atoms with Gasteiger partial charge in [0.15, 0.2) is 6.10 Å². The zero-order chi connectivity index (χ0) is 10.6. The summed E-state index contributed by atoms with van der Waals surface area (Å²) in [6.07, 6.45) is -1.20. The summed E-state index contributed by atoms with van der Waals surface area (Å²) < 4.78 is 5.51. The number of rotatable bonds is 3. The van der Waals surface area contributed by atoms with Crippen LogP contribution in [-0.4, -0.2) is 17.7 Å². The third-order valence-electron chi connectivity index (χ3n) is 1.67. The van der Waals surface area contributed by atoms with Crippen molar-refractivity contribution < 1.29 is 14.6 Å². The number of benzene rings is 1. The van der Waals surface area contributed by atoms with Crippen molar-refractivity contribution in [2.24, 2.45) is 0 Å². The van der Waals surface area contributed by atoms with Crippen molar-refractivity contribution in [1.82, 2.24) is 0 Å². The minimum atomic E-state index is -1.20. The van der Waals surface area contributed by atoms with Gasteiger partial charge in [-0.3, -0.25) is 0 Å². The van der Waals surface area contributed by atoms with Crippen molar-refractivity contribution >= 4 is 21.9 Å². The first kappa shape index (κ1) is 11.2. The lowest BCUT2D eigenvalue weighted by molar-refractivity contribution is -0.153. The van der Waals surface area contributed by atoms with Gasteiger partial charge < -0.3 is 9.84 Å². The molecule has 0 bridgehead atoms. The van der Waals surface area contributed by atoms with Crippen molar-refractivity contribution in [3.63, 3.8) is 0 Å². The molecule has 4 heteroatoms. The molecule has 1 rings (SSSR count). The predicted molar refractivity (Wildman–Crippen MR) is 55.7 cm³/mol. The van der Waals surface area contributed by atoms with Gasteiger partial charge in [0.05, 0.1) is 6.61 Å². The molecule has 0 radical (unpaired) electrons. The van der Waals surface area contributed by atoms with Crippen LogP contribution in [0.25, 0.3) is 0 Å². The fourth-order valence-corrected chi connectivity index (χ4v) is 1.45. The predicted octanol–water partition coefficient (Wildman–Crippen LogP) is 2.05. The Balaban J connectivity index is 2.78. The number of carbonyl (C=O) groups excluding carboxylic acids is 1. The Labute approximate surface area is 90.8 Å². The Morgan fingerprint density at radius 3 is 2.93 bits per heavy atom. The third-order valence-corrected chi connectivity index (χ3v) is 2.17. The zero-order valence-electron chi connectivity index (χ0n) is 7.74. The fourth-order valence-electron chi connectivity index (χ4n) is 1.03. The number of esters is 1. The Morgan fingerprint density at radius 1 is 1.64 bits per heavy atom. The summed E-state index contributed by atoms with van der Waals surface area (Å²) in [5, 5.41) is 9.55. The van der Waals surface area contributed by atoms with Crippen molar-refractivity contribution in [3.8, 4) is 0 Å². The second-order valence-corrected chi connectivity index (χ2v) is 3.63. The molecule has 1 aromatic carbocycles. The van der Waals surface area contributed by atoms with E-state index in [0.29, 0.717) is 5.56 Å². The van der Waals surface area contributed by atoms with Gasteiger partial charge in [0.25, 0.3) is 0 Å². The van der Waals surface area contributed by atoms with Crippen molar-refractivity contribution in [2.75, 3.05) is 6.61 Å². The van der Waals surface area contributed by atoms with Crippen LogP contribution < -0.4 is 0 Å². The van der Waals surface area contributed by atoms with E-state index < -0.39 is 12.1 Å². The average molecular weight is 259 g/mol. The number of aliphatic hydroxyl groups excluding tert-OH is 1. The van der Waals surface area contributed by atoms with Crippen molar-refractivity contribution in [2.45, 2.75) is 13.0 Å². The van der Waals surface area contributed by atoms with E-state index in [9.17, 15) is 9.90 Å². The second kappa shape index (κ2) is 5.12. The molecule has 0 aliphatic carbocycles. The zero-order valence-corrected chi connectivity index (χ0v) is 9.32. The summed E-state index contributed by atoms with van der Waals surface area (Å²) in [5.74, 6) is -0.620. The van der Waals surface area contributed by atoms with Gasteiger partial charge in [-0.1, -0.05) is 28.1 Å². The molecule has 76 valence electrons. The number of halogens is 1. The molecule has 0 spiro atoms. The normalized spacial score (nSPS) is 12.2. The van der Waals surface area contributed by atoms with Gasteiger partial charge in [-0.2, -0.15) is 0 Å². The van der Waals surface area contributed by atoms with E-state index in [2.05, 4.69) is 15.9 Å². The summed E-state index contributed by atoms with van der Waals surface area (Å²) in [4.78, 5) is 11.2. The van der Waals surface area contributed by atoms with Gasteiger partial charge in [-0.25, -0.2) is 4.79 Å². The van der Waals surface area contributed by atoms with E-state index in [1.165, 1.54) is 0 Å². The highest BCUT2D eigenvalue weighted by Crippen LogP contribution is 2.18. The molecule has 0 aliphatic heterocycles. The van der Waals surface area contributed by atoms with Gasteiger partial charge in [-0.05, 0) is 24.6 Å². The first-order chi connectivity index (χ1) is 6.65. The highest BCUT2D eigenvalue weighted by atomic mass is 79.9. The molecule has 1 atom stereocenters. The molecule has 0 unspecified atom stereocenters. The van der Waals surface area contributed by atoms with E-state index in [4.69, 9.17) is 4.74 Å². The molecule has 3 nitrogen and oxygen atoms in total. The lowest BCUT2D eigenvalue weighted by atomic mass is 10.1. The average Bonchev–Trinajstić information content (AvgIpc) is 2.17. The van der Waals surface area contributed by atoms with Crippen molar-refractivity contribution in [1.29, 1.82) is 0 Å². The van der Waals surface area contributed by atoms with Crippen LogP contribution in [0.2, 0.25) is 0 Å².